The number of amides is 1. The molecule has 3 rings (SSSR count). The second kappa shape index (κ2) is 18.2. The molecule has 13 atom stereocenters. The van der Waals surface area contributed by atoms with Gasteiger partial charge in [-0.25, -0.2) is 0 Å². The molecule has 0 aromatic heterocycles. The number of hydrogen-bond acceptors (Lipinski definition) is 15. The van der Waals surface area contributed by atoms with E-state index in [0.717, 1.165) is 32.1 Å². The summed E-state index contributed by atoms with van der Waals surface area (Å²) < 4.78 is 32.9. The Morgan fingerprint density at radius 1 is 0.744 bits per heavy atom. The second-order valence-corrected chi connectivity index (χ2v) is 11.2. The quantitative estimate of drug-likeness (QED) is 0.0757. The Balaban J connectivity index is 1.50. The number of carbonyl (C=O) groups excluding carboxylic acids is 1. The van der Waals surface area contributed by atoms with Crippen molar-refractivity contribution in [2.24, 2.45) is 0 Å². The van der Waals surface area contributed by atoms with Gasteiger partial charge < -0.3 is 74.6 Å². The van der Waals surface area contributed by atoms with Crippen molar-refractivity contribution < 1.29 is 74.1 Å². The maximum absolute atomic E-state index is 12.0. The zero-order valence-electron chi connectivity index (χ0n) is 24.4. The minimum absolute atomic E-state index is 0.0563. The van der Waals surface area contributed by atoms with E-state index in [9.17, 15) is 45.6 Å². The van der Waals surface area contributed by atoms with E-state index < -0.39 is 93.1 Å². The number of rotatable bonds is 16. The Kier molecular flexibility index (Phi) is 15.4. The van der Waals surface area contributed by atoms with Crippen LogP contribution < -0.4 is 5.32 Å². The molecule has 3 fully saturated rings. The summed E-state index contributed by atoms with van der Waals surface area (Å²) in [6.45, 7) is 1.10. The average molecular weight is 628 g/mol. The fourth-order valence-electron chi connectivity index (χ4n) is 5.10. The largest absolute Gasteiger partial charge is 0.394 e. The van der Waals surface area contributed by atoms with Crippen molar-refractivity contribution >= 4 is 5.91 Å². The number of ether oxygens (including phenoxy) is 6. The zero-order valence-corrected chi connectivity index (χ0v) is 24.4. The number of unbranched alkanes of at least 4 members (excludes halogenated alkanes) is 4. The summed E-state index contributed by atoms with van der Waals surface area (Å²) in [7, 11) is 0. The lowest BCUT2D eigenvalue weighted by atomic mass is 9.98. The van der Waals surface area contributed by atoms with Gasteiger partial charge in [-0.15, -0.1) is 0 Å². The monoisotopic (exact) mass is 627 g/mol. The molecule has 3 aliphatic rings. The van der Waals surface area contributed by atoms with Crippen molar-refractivity contribution in [2.45, 2.75) is 132 Å². The molecule has 252 valence electrons. The van der Waals surface area contributed by atoms with Crippen LogP contribution in [0.5, 0.6) is 0 Å². The van der Waals surface area contributed by atoms with Crippen molar-refractivity contribution in [1.29, 1.82) is 0 Å². The van der Waals surface area contributed by atoms with Crippen LogP contribution in [0.4, 0.5) is 0 Å². The third-order valence-electron chi connectivity index (χ3n) is 7.72. The molecule has 0 radical (unpaired) electrons. The number of hydrogen-bond donors (Lipinski definition) is 9. The fourth-order valence-corrected chi connectivity index (χ4v) is 5.10. The summed E-state index contributed by atoms with van der Waals surface area (Å²) in [5.41, 5.74) is 0. The summed E-state index contributed by atoms with van der Waals surface area (Å²) in [5.74, 6) is -0.0563. The van der Waals surface area contributed by atoms with Gasteiger partial charge in [-0.2, -0.15) is 0 Å². The van der Waals surface area contributed by atoms with Crippen molar-refractivity contribution in [3.8, 4) is 0 Å². The molecule has 0 aromatic carbocycles. The smallest absolute Gasteiger partial charge is 0.219 e. The Morgan fingerprint density at radius 3 is 2.07 bits per heavy atom. The molecule has 0 aliphatic carbocycles. The molecule has 3 aliphatic heterocycles. The van der Waals surface area contributed by atoms with Gasteiger partial charge in [0.25, 0.3) is 0 Å². The van der Waals surface area contributed by atoms with Gasteiger partial charge in [0.1, 0.15) is 61.0 Å². The molecule has 16 nitrogen and oxygen atoms in total. The molecule has 0 bridgehead atoms. The molecule has 0 spiro atoms. The third kappa shape index (κ3) is 10.2. The van der Waals surface area contributed by atoms with Crippen LogP contribution in [-0.2, 0) is 33.2 Å². The molecular formula is C27H49NO15. The van der Waals surface area contributed by atoms with Gasteiger partial charge in [0, 0.05) is 13.0 Å². The van der Waals surface area contributed by atoms with Crippen molar-refractivity contribution in [2.75, 3.05) is 33.0 Å². The highest BCUT2D eigenvalue weighted by atomic mass is 16.7. The highest BCUT2D eigenvalue weighted by Crippen LogP contribution is 2.30. The minimum atomic E-state index is -1.73. The third-order valence-corrected chi connectivity index (χ3v) is 7.72. The molecule has 0 aromatic rings. The molecule has 3 saturated heterocycles. The van der Waals surface area contributed by atoms with Crippen LogP contribution in [0.15, 0.2) is 0 Å². The molecule has 0 saturated carbocycles. The van der Waals surface area contributed by atoms with Gasteiger partial charge in [0.2, 0.25) is 5.91 Å². The Morgan fingerprint density at radius 2 is 1.37 bits per heavy atom. The summed E-state index contributed by atoms with van der Waals surface area (Å²) in [6, 6.07) is 0. The lowest BCUT2D eigenvalue weighted by molar-refractivity contribution is -0.364. The van der Waals surface area contributed by atoms with Gasteiger partial charge in [0.15, 0.2) is 18.9 Å². The Labute approximate surface area is 250 Å². The number of aliphatic hydroxyl groups is 8. The van der Waals surface area contributed by atoms with Gasteiger partial charge in [-0.3, -0.25) is 4.79 Å². The Bertz CT molecular complexity index is 810. The number of nitrogens with one attached hydrogen (secondary N) is 1. The summed E-state index contributed by atoms with van der Waals surface area (Å²) >= 11 is 0. The van der Waals surface area contributed by atoms with Gasteiger partial charge in [0.05, 0.1) is 26.4 Å². The van der Waals surface area contributed by atoms with Crippen molar-refractivity contribution in [1.82, 2.24) is 5.32 Å². The zero-order chi connectivity index (χ0) is 31.5. The van der Waals surface area contributed by atoms with Gasteiger partial charge in [-0.1, -0.05) is 32.6 Å². The number of aliphatic hydroxyl groups excluding tert-OH is 8. The first-order chi connectivity index (χ1) is 20.6. The van der Waals surface area contributed by atoms with E-state index in [1.165, 1.54) is 0 Å². The molecule has 3 heterocycles. The van der Waals surface area contributed by atoms with Gasteiger partial charge in [-0.05, 0) is 12.8 Å². The van der Waals surface area contributed by atoms with E-state index in [4.69, 9.17) is 28.4 Å². The number of carbonyl (C=O) groups is 1. The summed E-state index contributed by atoms with van der Waals surface area (Å²) in [5, 5.41) is 85.0. The fraction of sp³-hybridized carbons (Fsp3) is 0.963. The lowest BCUT2D eigenvalue weighted by Crippen LogP contribution is -2.64. The van der Waals surface area contributed by atoms with Gasteiger partial charge >= 0.3 is 0 Å². The predicted octanol–water partition coefficient (Wildman–Crippen LogP) is -3.40. The molecule has 43 heavy (non-hydrogen) atoms. The van der Waals surface area contributed by atoms with Crippen LogP contribution >= 0.6 is 0 Å². The summed E-state index contributed by atoms with van der Waals surface area (Å²) in [6.07, 6.45) is -13.4. The molecular weight excluding hydrogens is 578 g/mol. The Hall–Kier alpha value is -1.09. The minimum Gasteiger partial charge on any atom is -0.394 e. The van der Waals surface area contributed by atoms with Crippen LogP contribution in [0, 0.1) is 0 Å². The van der Waals surface area contributed by atoms with Crippen LogP contribution in [0.1, 0.15) is 51.9 Å². The maximum atomic E-state index is 12.0. The van der Waals surface area contributed by atoms with Crippen LogP contribution in [0.3, 0.4) is 0 Å². The first-order valence-electron chi connectivity index (χ1n) is 15.0. The second-order valence-electron chi connectivity index (χ2n) is 11.2. The molecule has 0 unspecified atom stereocenters. The van der Waals surface area contributed by atoms with Crippen LogP contribution in [0.2, 0.25) is 0 Å². The lowest BCUT2D eigenvalue weighted by Gasteiger charge is -2.46. The molecule has 9 N–H and O–H groups in total. The van der Waals surface area contributed by atoms with E-state index in [2.05, 4.69) is 12.2 Å². The standard InChI is InChI=1S/C27H49NO15/c1-2-3-4-5-6-8-17(32)28-9-7-10-38-26-22(37)24(19(34)16(11-29)41-26)43-27-21(36)23(15(31)13-40-27)42-25-20(35)18(33)14(30)12-39-25/h14-16,18-27,29-31,33-37H,2-13H2,1H3,(H,28,32)/t14-,15-,16-,18+,19-,20-,21-,22-,23+,24+,25-,26-,27-/m1/s1. The summed E-state index contributed by atoms with van der Waals surface area (Å²) in [4.78, 5) is 12.0. The maximum Gasteiger partial charge on any atom is 0.219 e. The molecule has 1 amide bonds. The van der Waals surface area contributed by atoms with Crippen LogP contribution in [-0.4, -0.2) is 160 Å². The highest BCUT2D eigenvalue weighted by Gasteiger charge is 2.51. The van der Waals surface area contributed by atoms with E-state index in [1.54, 1.807) is 0 Å². The topological polar surface area (TPSA) is 246 Å². The van der Waals surface area contributed by atoms with Crippen molar-refractivity contribution in [3.05, 3.63) is 0 Å². The predicted molar refractivity (Wildman–Crippen MR) is 144 cm³/mol. The van der Waals surface area contributed by atoms with E-state index in [-0.39, 0.29) is 19.1 Å². The van der Waals surface area contributed by atoms with E-state index >= 15 is 0 Å². The first-order valence-corrected chi connectivity index (χ1v) is 15.0. The van der Waals surface area contributed by atoms with Crippen LogP contribution in [0.25, 0.3) is 0 Å². The highest BCUT2D eigenvalue weighted by molar-refractivity contribution is 5.75. The first kappa shape index (κ1) is 36.4. The van der Waals surface area contributed by atoms with E-state index in [0.29, 0.717) is 19.4 Å². The van der Waals surface area contributed by atoms with Crippen molar-refractivity contribution in [3.63, 3.8) is 0 Å². The normalized spacial score (nSPS) is 40.3. The SMILES string of the molecule is CCCCCCCC(=O)NCCCO[C@@H]1O[C@H](CO)[C@@H](O)[C@H](O[C@H]2OC[C@@H](O)[C@H](O[C@H]3OC[C@@H](O)[C@H](O)[C@H]3O)[C@H]2O)[C@H]1O. The molecule has 16 heteroatoms. The van der Waals surface area contributed by atoms with E-state index in [1.807, 2.05) is 0 Å². The average Bonchev–Trinajstić information content (AvgIpc) is 2.99.